The molecule has 1 unspecified atom stereocenters. The number of nitrogens with one attached hydrogen (secondary N) is 1. The summed E-state index contributed by atoms with van der Waals surface area (Å²) in [6.45, 7) is 5.76. The fourth-order valence-corrected chi connectivity index (χ4v) is 2.42. The molecular formula is C15H23ClN2. The topological polar surface area (TPSA) is 38.0 Å². The number of rotatable bonds is 8. The molecule has 0 radical (unpaired) electrons. The average Bonchev–Trinajstić information content (AvgIpc) is 2.35. The van der Waals surface area contributed by atoms with Crippen LogP contribution in [-0.2, 0) is 0 Å². The maximum Gasteiger partial charge on any atom is 0.0474 e. The Morgan fingerprint density at radius 3 is 2.78 bits per heavy atom. The maximum atomic E-state index is 6.26. The highest BCUT2D eigenvalue weighted by molar-refractivity contribution is 6.31. The first-order valence-electron chi connectivity index (χ1n) is 6.52. The summed E-state index contributed by atoms with van der Waals surface area (Å²) in [7, 11) is 0. The minimum atomic E-state index is 0.141. The quantitative estimate of drug-likeness (QED) is 0.319. The van der Waals surface area contributed by atoms with Crippen molar-refractivity contribution in [3.05, 3.63) is 47.0 Å². The van der Waals surface area contributed by atoms with Gasteiger partial charge < -0.3 is 0 Å². The first kappa shape index (κ1) is 15.2. The second-order valence-corrected chi connectivity index (χ2v) is 5.08. The highest BCUT2D eigenvalue weighted by atomic mass is 35.5. The molecule has 0 aliphatic heterocycles. The Morgan fingerprint density at radius 1 is 1.39 bits per heavy atom. The minimum absolute atomic E-state index is 0.141. The van der Waals surface area contributed by atoms with Gasteiger partial charge in [0.05, 0.1) is 0 Å². The van der Waals surface area contributed by atoms with Crippen molar-refractivity contribution in [2.75, 3.05) is 0 Å². The molecule has 0 aliphatic carbocycles. The molecule has 0 amide bonds. The van der Waals surface area contributed by atoms with Gasteiger partial charge in [-0.05, 0) is 43.4 Å². The van der Waals surface area contributed by atoms with Crippen LogP contribution < -0.4 is 11.3 Å². The number of aryl methyl sites for hydroxylation is 1. The Bertz CT molecular complexity index is 377. The Balaban J connectivity index is 2.52. The van der Waals surface area contributed by atoms with Crippen molar-refractivity contribution >= 4 is 11.6 Å². The number of hydrogen-bond donors (Lipinski definition) is 2. The summed E-state index contributed by atoms with van der Waals surface area (Å²) in [4.78, 5) is 0. The summed E-state index contributed by atoms with van der Waals surface area (Å²) in [5.74, 6) is 5.63. The first-order valence-corrected chi connectivity index (χ1v) is 6.90. The molecule has 1 aromatic carbocycles. The van der Waals surface area contributed by atoms with Crippen LogP contribution in [0.1, 0.15) is 49.3 Å². The van der Waals surface area contributed by atoms with Crippen LogP contribution in [0.2, 0.25) is 5.02 Å². The van der Waals surface area contributed by atoms with E-state index in [1.165, 1.54) is 18.4 Å². The zero-order valence-corrected chi connectivity index (χ0v) is 11.8. The van der Waals surface area contributed by atoms with Crippen LogP contribution >= 0.6 is 11.6 Å². The van der Waals surface area contributed by atoms with Gasteiger partial charge in [0.25, 0.3) is 0 Å². The van der Waals surface area contributed by atoms with E-state index in [2.05, 4.69) is 24.1 Å². The Kier molecular flexibility index (Phi) is 7.02. The Morgan fingerprint density at radius 2 is 2.17 bits per heavy atom. The van der Waals surface area contributed by atoms with Gasteiger partial charge in [0.15, 0.2) is 0 Å². The van der Waals surface area contributed by atoms with Crippen LogP contribution in [0, 0.1) is 6.92 Å². The summed E-state index contributed by atoms with van der Waals surface area (Å²) in [6.07, 6.45) is 7.61. The van der Waals surface area contributed by atoms with Crippen LogP contribution in [0.4, 0.5) is 0 Å². The van der Waals surface area contributed by atoms with Gasteiger partial charge in [-0.2, -0.15) is 0 Å². The van der Waals surface area contributed by atoms with Crippen LogP contribution in [0.15, 0.2) is 30.9 Å². The number of benzene rings is 1. The van der Waals surface area contributed by atoms with E-state index in [4.69, 9.17) is 17.4 Å². The molecule has 0 saturated carbocycles. The molecule has 3 N–H and O–H groups in total. The van der Waals surface area contributed by atoms with E-state index < -0.39 is 0 Å². The fraction of sp³-hybridized carbons (Fsp3) is 0.467. The lowest BCUT2D eigenvalue weighted by Gasteiger charge is -2.18. The number of unbranched alkanes of at least 4 members (excludes halogenated alkanes) is 3. The van der Waals surface area contributed by atoms with Gasteiger partial charge in [0.2, 0.25) is 0 Å². The van der Waals surface area contributed by atoms with Crippen molar-refractivity contribution < 1.29 is 0 Å². The number of halogens is 1. The van der Waals surface area contributed by atoms with Gasteiger partial charge in [0.1, 0.15) is 0 Å². The highest BCUT2D eigenvalue weighted by Gasteiger charge is 2.12. The average molecular weight is 267 g/mol. The normalized spacial score (nSPS) is 12.4. The molecule has 18 heavy (non-hydrogen) atoms. The van der Waals surface area contributed by atoms with Crippen molar-refractivity contribution in [3.8, 4) is 0 Å². The smallest absolute Gasteiger partial charge is 0.0474 e. The van der Waals surface area contributed by atoms with Gasteiger partial charge in [0, 0.05) is 11.1 Å². The zero-order chi connectivity index (χ0) is 13.4. The molecule has 100 valence electrons. The fourth-order valence-electron chi connectivity index (χ4n) is 2.06. The molecule has 0 heterocycles. The van der Waals surface area contributed by atoms with Crippen LogP contribution in [0.3, 0.4) is 0 Å². The van der Waals surface area contributed by atoms with Crippen LogP contribution in [-0.4, -0.2) is 0 Å². The molecule has 1 rings (SSSR count). The highest BCUT2D eigenvalue weighted by Crippen LogP contribution is 2.27. The van der Waals surface area contributed by atoms with Crippen molar-refractivity contribution in [1.29, 1.82) is 0 Å². The van der Waals surface area contributed by atoms with E-state index in [9.17, 15) is 0 Å². The first-order chi connectivity index (χ1) is 8.69. The van der Waals surface area contributed by atoms with Crippen LogP contribution in [0.25, 0.3) is 0 Å². The predicted octanol–water partition coefficient (Wildman–Crippen LogP) is 4.29. The Hall–Kier alpha value is -0.830. The third-order valence-electron chi connectivity index (χ3n) is 3.13. The predicted molar refractivity (Wildman–Crippen MR) is 79.5 cm³/mol. The lowest BCUT2D eigenvalue weighted by molar-refractivity contribution is 0.484. The van der Waals surface area contributed by atoms with E-state index in [1.807, 2.05) is 19.1 Å². The maximum absolute atomic E-state index is 6.26. The zero-order valence-electron chi connectivity index (χ0n) is 11.1. The molecule has 3 heteroatoms. The molecular weight excluding hydrogens is 244 g/mol. The van der Waals surface area contributed by atoms with Gasteiger partial charge in [-0.1, -0.05) is 42.7 Å². The lowest BCUT2D eigenvalue weighted by atomic mass is 9.99. The molecule has 1 atom stereocenters. The third-order valence-corrected chi connectivity index (χ3v) is 3.46. The van der Waals surface area contributed by atoms with Crippen molar-refractivity contribution in [1.82, 2.24) is 5.43 Å². The molecule has 0 aliphatic rings. The molecule has 0 fully saturated rings. The third kappa shape index (κ3) is 4.81. The number of allylic oxidation sites excluding steroid dienone is 1. The summed E-state index contributed by atoms with van der Waals surface area (Å²) in [5, 5.41) is 0.795. The molecule has 0 spiro atoms. The summed E-state index contributed by atoms with van der Waals surface area (Å²) in [6, 6.07) is 6.26. The second kappa shape index (κ2) is 8.30. The van der Waals surface area contributed by atoms with E-state index in [0.29, 0.717) is 0 Å². The van der Waals surface area contributed by atoms with Crippen molar-refractivity contribution in [3.63, 3.8) is 0 Å². The van der Waals surface area contributed by atoms with Gasteiger partial charge in [-0.15, -0.1) is 6.58 Å². The van der Waals surface area contributed by atoms with Crippen LogP contribution in [0.5, 0.6) is 0 Å². The molecule has 2 nitrogen and oxygen atoms in total. The molecule has 1 aromatic rings. The monoisotopic (exact) mass is 266 g/mol. The molecule has 0 aromatic heterocycles. The lowest BCUT2D eigenvalue weighted by Crippen LogP contribution is -2.28. The summed E-state index contributed by atoms with van der Waals surface area (Å²) >= 11 is 6.26. The van der Waals surface area contributed by atoms with E-state index in [1.54, 1.807) is 0 Å². The molecule has 0 bridgehead atoms. The van der Waals surface area contributed by atoms with Crippen molar-refractivity contribution in [2.45, 2.75) is 45.1 Å². The van der Waals surface area contributed by atoms with E-state index >= 15 is 0 Å². The largest absolute Gasteiger partial charge is 0.271 e. The number of nitrogens with two attached hydrogens (primary N) is 1. The van der Waals surface area contributed by atoms with Crippen molar-refractivity contribution in [2.24, 2.45) is 5.84 Å². The minimum Gasteiger partial charge on any atom is -0.271 e. The number of hydrazine groups is 1. The van der Waals surface area contributed by atoms with Gasteiger partial charge in [-0.3, -0.25) is 11.3 Å². The second-order valence-electron chi connectivity index (χ2n) is 4.67. The standard InChI is InChI=1S/C15H23ClN2/c1-3-4-5-6-7-8-15(18-17)13-10-9-12(2)11-14(13)16/h3,9-11,15,18H,1,4-8,17H2,2H3. The van der Waals surface area contributed by atoms with E-state index in [0.717, 1.165) is 29.8 Å². The number of hydrogen-bond acceptors (Lipinski definition) is 2. The summed E-state index contributed by atoms with van der Waals surface area (Å²) in [5.41, 5.74) is 5.13. The summed E-state index contributed by atoms with van der Waals surface area (Å²) < 4.78 is 0. The van der Waals surface area contributed by atoms with E-state index in [-0.39, 0.29) is 6.04 Å². The van der Waals surface area contributed by atoms with Gasteiger partial charge >= 0.3 is 0 Å². The Labute approximate surface area is 115 Å². The SMILES string of the molecule is C=CCCCCCC(NN)c1ccc(C)cc1Cl. The van der Waals surface area contributed by atoms with Gasteiger partial charge in [-0.25, -0.2) is 0 Å². The molecule has 0 saturated heterocycles.